The van der Waals surface area contributed by atoms with Gasteiger partial charge in [-0.15, -0.1) is 0 Å². The predicted octanol–water partition coefficient (Wildman–Crippen LogP) is 4.04. The van der Waals surface area contributed by atoms with E-state index in [1.165, 1.54) is 6.42 Å². The minimum atomic E-state index is -1.15. The molecular weight excluding hydrogens is 478 g/mol. The summed E-state index contributed by atoms with van der Waals surface area (Å²) in [5, 5.41) is 6.25. The Morgan fingerprint density at radius 3 is 2.50 bits per heavy atom. The summed E-state index contributed by atoms with van der Waals surface area (Å²) in [6, 6.07) is 14.7. The van der Waals surface area contributed by atoms with E-state index in [2.05, 4.69) is 10.6 Å². The zero-order valence-corrected chi connectivity index (χ0v) is 22.0. The number of carbonyl (C=O) groups excluding carboxylic acids is 3. The number of carbonyl (C=O) groups is 3. The highest BCUT2D eigenvalue weighted by atomic mass is 16.5. The van der Waals surface area contributed by atoms with E-state index in [-0.39, 0.29) is 30.3 Å². The van der Waals surface area contributed by atoms with E-state index in [1.54, 1.807) is 4.90 Å². The third-order valence-electron chi connectivity index (χ3n) is 8.85. The number of hydrogen-bond acceptors (Lipinski definition) is 4. The van der Waals surface area contributed by atoms with Gasteiger partial charge in [0.25, 0.3) is 0 Å². The van der Waals surface area contributed by atoms with Crippen molar-refractivity contribution in [1.82, 2.24) is 10.2 Å². The van der Waals surface area contributed by atoms with Gasteiger partial charge in [0.2, 0.25) is 17.7 Å². The quantitative estimate of drug-likeness (QED) is 0.571. The summed E-state index contributed by atoms with van der Waals surface area (Å²) in [5.41, 5.74) is 2.69. The van der Waals surface area contributed by atoms with Crippen molar-refractivity contribution in [2.75, 3.05) is 5.32 Å². The van der Waals surface area contributed by atoms with Crippen LogP contribution in [0.25, 0.3) is 0 Å². The largest absolute Gasteiger partial charge is 0.359 e. The van der Waals surface area contributed by atoms with E-state index in [0.29, 0.717) is 5.69 Å². The molecule has 7 heteroatoms. The van der Waals surface area contributed by atoms with Crippen molar-refractivity contribution in [2.24, 2.45) is 11.8 Å². The lowest BCUT2D eigenvalue weighted by atomic mass is 9.74. The molecule has 2 aromatic carbocycles. The normalized spacial score (nSPS) is 29.9. The van der Waals surface area contributed by atoms with Gasteiger partial charge in [0.1, 0.15) is 11.6 Å². The van der Waals surface area contributed by atoms with Gasteiger partial charge >= 0.3 is 0 Å². The van der Waals surface area contributed by atoms with Crippen LogP contribution in [0.3, 0.4) is 0 Å². The first-order valence-corrected chi connectivity index (χ1v) is 13.8. The maximum Gasteiger partial charge on any atom is 0.246 e. The molecule has 1 spiro atoms. The van der Waals surface area contributed by atoms with Crippen molar-refractivity contribution >= 4 is 23.4 Å². The van der Waals surface area contributed by atoms with Gasteiger partial charge in [0.05, 0.1) is 17.9 Å². The fourth-order valence-corrected chi connectivity index (χ4v) is 6.79. The molecule has 7 nitrogen and oxygen atoms in total. The summed E-state index contributed by atoms with van der Waals surface area (Å²) in [5.74, 6) is -2.11. The molecular formula is C31H35N3O4. The number of benzene rings is 2. The summed E-state index contributed by atoms with van der Waals surface area (Å²) < 4.78 is 6.46. The van der Waals surface area contributed by atoms with Crippen LogP contribution in [-0.4, -0.2) is 46.4 Å². The first kappa shape index (κ1) is 24.9. The van der Waals surface area contributed by atoms with Crippen LogP contribution in [0.1, 0.15) is 48.8 Å². The molecule has 38 heavy (non-hydrogen) atoms. The fraction of sp³-hybridized carbons (Fsp3) is 0.452. The number of fused-ring (bicyclic) bond motifs is 1. The molecule has 2 saturated heterocycles. The van der Waals surface area contributed by atoms with Crippen molar-refractivity contribution in [3.63, 3.8) is 0 Å². The molecule has 0 aromatic heterocycles. The van der Waals surface area contributed by atoms with Gasteiger partial charge in [-0.2, -0.15) is 0 Å². The molecule has 5 atom stereocenters. The molecule has 0 unspecified atom stereocenters. The number of rotatable bonds is 6. The van der Waals surface area contributed by atoms with Gasteiger partial charge in [-0.05, 0) is 55.5 Å². The topological polar surface area (TPSA) is 87.7 Å². The maximum atomic E-state index is 14.1. The molecule has 2 aromatic rings. The van der Waals surface area contributed by atoms with Crippen LogP contribution in [0.4, 0.5) is 5.69 Å². The van der Waals surface area contributed by atoms with Crippen LogP contribution in [0, 0.1) is 25.7 Å². The molecule has 6 rings (SSSR count). The smallest absolute Gasteiger partial charge is 0.246 e. The van der Waals surface area contributed by atoms with E-state index in [4.69, 9.17) is 4.74 Å². The van der Waals surface area contributed by atoms with Crippen molar-refractivity contribution < 1.29 is 19.1 Å². The maximum absolute atomic E-state index is 14.1. The monoisotopic (exact) mass is 513 g/mol. The van der Waals surface area contributed by atoms with Crippen LogP contribution < -0.4 is 10.6 Å². The molecule has 3 amide bonds. The number of nitrogens with one attached hydrogen (secondary N) is 2. The number of likely N-dealkylation sites (tertiary alicyclic amines) is 1. The Balaban J connectivity index is 1.32. The average Bonchev–Trinajstić information content (AvgIpc) is 3.55. The average molecular weight is 514 g/mol. The van der Waals surface area contributed by atoms with Crippen molar-refractivity contribution in [3.05, 3.63) is 77.4 Å². The molecule has 2 N–H and O–H groups in total. The van der Waals surface area contributed by atoms with Crippen LogP contribution in [0.5, 0.6) is 0 Å². The first-order valence-electron chi connectivity index (χ1n) is 13.8. The SMILES string of the molecule is Cc1ccc(NC(=O)[C@H]2[C@@H]3C=C[C@]4(O3)[C@@H]2C(=O)N(Cc2ccccc2)[C@H]4C(=O)NC2CCCCC2)cc1C. The van der Waals surface area contributed by atoms with Crippen LogP contribution in [-0.2, 0) is 25.7 Å². The number of hydrogen-bond donors (Lipinski definition) is 2. The van der Waals surface area contributed by atoms with Gasteiger partial charge in [-0.3, -0.25) is 14.4 Å². The molecule has 0 radical (unpaired) electrons. The van der Waals surface area contributed by atoms with Gasteiger partial charge in [0, 0.05) is 18.3 Å². The Morgan fingerprint density at radius 2 is 1.76 bits per heavy atom. The summed E-state index contributed by atoms with van der Waals surface area (Å²) in [6.45, 7) is 4.31. The zero-order valence-electron chi connectivity index (χ0n) is 22.0. The number of amides is 3. The highest BCUT2D eigenvalue weighted by molar-refractivity contribution is 6.02. The Labute approximate surface area is 223 Å². The number of anilines is 1. The molecule has 4 aliphatic rings. The molecule has 1 saturated carbocycles. The molecule has 3 heterocycles. The fourth-order valence-electron chi connectivity index (χ4n) is 6.79. The molecule has 3 fully saturated rings. The number of nitrogens with zero attached hydrogens (tertiary/aromatic N) is 1. The van der Waals surface area contributed by atoms with E-state index < -0.39 is 29.6 Å². The number of aryl methyl sites for hydroxylation is 2. The van der Waals surface area contributed by atoms with Gasteiger partial charge in [-0.1, -0.05) is 67.8 Å². The third-order valence-corrected chi connectivity index (χ3v) is 8.85. The van der Waals surface area contributed by atoms with Crippen LogP contribution >= 0.6 is 0 Å². The minimum Gasteiger partial charge on any atom is -0.359 e. The zero-order chi connectivity index (χ0) is 26.4. The molecule has 3 aliphatic heterocycles. The Morgan fingerprint density at radius 1 is 1.00 bits per heavy atom. The highest BCUT2D eigenvalue weighted by Crippen LogP contribution is 2.55. The van der Waals surface area contributed by atoms with Crippen LogP contribution in [0.15, 0.2) is 60.7 Å². The van der Waals surface area contributed by atoms with Crippen molar-refractivity contribution in [3.8, 4) is 0 Å². The second-order valence-electron chi connectivity index (χ2n) is 11.3. The number of ether oxygens (including phenoxy) is 1. The highest BCUT2D eigenvalue weighted by Gasteiger charge is 2.72. The van der Waals surface area contributed by atoms with E-state index in [0.717, 1.165) is 42.4 Å². The first-order chi connectivity index (χ1) is 18.4. The Hall–Kier alpha value is -3.45. The summed E-state index contributed by atoms with van der Waals surface area (Å²) in [6.07, 6.45) is 8.45. The second-order valence-corrected chi connectivity index (χ2v) is 11.3. The van der Waals surface area contributed by atoms with E-state index >= 15 is 0 Å². The van der Waals surface area contributed by atoms with Gasteiger partial charge in [0.15, 0.2) is 0 Å². The lowest BCUT2D eigenvalue weighted by molar-refractivity contribution is -0.142. The molecule has 2 bridgehead atoms. The lowest BCUT2D eigenvalue weighted by Crippen LogP contribution is -2.56. The Kier molecular flexibility index (Phi) is 6.34. The van der Waals surface area contributed by atoms with Crippen molar-refractivity contribution in [2.45, 2.75) is 76.3 Å². The minimum absolute atomic E-state index is 0.104. The molecule has 1 aliphatic carbocycles. The third kappa shape index (κ3) is 4.13. The standard InChI is InChI=1S/C31H35N3O4/c1-19-13-14-23(17-20(19)2)33-28(35)25-24-15-16-31(38-24)26(25)30(37)34(18-21-9-5-3-6-10-21)27(31)29(36)32-22-11-7-4-8-12-22/h3,5-6,9-10,13-17,22,24-27H,4,7-8,11-12,18H2,1-2H3,(H,32,36)(H,33,35)/t24-,25-,26-,27-,31-/m0/s1. The summed E-state index contributed by atoms with van der Waals surface area (Å²) >= 11 is 0. The van der Waals surface area contributed by atoms with E-state index in [1.807, 2.05) is 74.5 Å². The van der Waals surface area contributed by atoms with Gasteiger partial charge < -0.3 is 20.3 Å². The predicted molar refractivity (Wildman–Crippen MR) is 144 cm³/mol. The van der Waals surface area contributed by atoms with E-state index in [9.17, 15) is 14.4 Å². The Bertz CT molecular complexity index is 1290. The van der Waals surface area contributed by atoms with Gasteiger partial charge in [-0.25, -0.2) is 0 Å². The molecule has 198 valence electrons. The second kappa shape index (κ2) is 9.70. The summed E-state index contributed by atoms with van der Waals surface area (Å²) in [7, 11) is 0. The lowest BCUT2D eigenvalue weighted by Gasteiger charge is -2.34. The van der Waals surface area contributed by atoms with Crippen molar-refractivity contribution in [1.29, 1.82) is 0 Å². The van der Waals surface area contributed by atoms with Crippen LogP contribution in [0.2, 0.25) is 0 Å². The summed E-state index contributed by atoms with van der Waals surface area (Å²) in [4.78, 5) is 43.3.